The van der Waals surface area contributed by atoms with Crippen molar-refractivity contribution in [2.75, 3.05) is 0 Å². The van der Waals surface area contributed by atoms with Gasteiger partial charge >= 0.3 is 11.3 Å². The maximum absolute atomic E-state index is 12.7. The summed E-state index contributed by atoms with van der Waals surface area (Å²) in [5, 5.41) is 1.30. The highest BCUT2D eigenvalue weighted by molar-refractivity contribution is 6.09. The van der Waals surface area contributed by atoms with Gasteiger partial charge in [-0.05, 0) is 37.1 Å². The van der Waals surface area contributed by atoms with Crippen molar-refractivity contribution >= 4 is 41.3 Å². The smallest absolute Gasteiger partial charge is 0.347 e. The number of ketones is 1. The van der Waals surface area contributed by atoms with Crippen LogP contribution in [-0.2, 0) is 0 Å². The molecule has 0 saturated carbocycles. The average molecular weight is 357 g/mol. The highest BCUT2D eigenvalue weighted by Crippen LogP contribution is 2.14. The van der Waals surface area contributed by atoms with Crippen LogP contribution in [0.4, 0.5) is 0 Å². The van der Waals surface area contributed by atoms with E-state index in [1.165, 1.54) is 12.1 Å². The Morgan fingerprint density at radius 1 is 0.880 bits per heavy atom. The van der Waals surface area contributed by atoms with Crippen LogP contribution in [0.3, 0.4) is 0 Å². The van der Waals surface area contributed by atoms with E-state index in [4.69, 9.17) is 8.83 Å². The van der Waals surface area contributed by atoms with Gasteiger partial charge in [-0.25, -0.2) is 9.59 Å². The molecule has 6 heteroatoms. The third kappa shape index (κ3) is 2.94. The second-order valence-corrected chi connectivity index (χ2v) is 5.57. The number of rotatable bonds is 2. The summed E-state index contributed by atoms with van der Waals surface area (Å²) >= 11 is 0. The molecule has 126 valence electrons. The fraction of sp³-hybridized carbons (Fsp3) is 0.105. The fourth-order valence-electron chi connectivity index (χ4n) is 2.80. The first-order chi connectivity index (χ1) is 11.6. The van der Waals surface area contributed by atoms with Crippen molar-refractivity contribution in [3.8, 4) is 0 Å². The van der Waals surface area contributed by atoms with Crippen LogP contribution in [-0.4, -0.2) is 5.78 Å². The summed E-state index contributed by atoms with van der Waals surface area (Å²) in [5.74, 6) is -0.690. The zero-order valence-electron chi connectivity index (χ0n) is 13.0. The van der Waals surface area contributed by atoms with Crippen LogP contribution in [0.15, 0.2) is 54.8 Å². The summed E-state index contributed by atoms with van der Waals surface area (Å²) in [4.78, 5) is 36.9. The van der Waals surface area contributed by atoms with E-state index in [2.05, 4.69) is 0 Å². The molecule has 0 atom stereocenters. The minimum absolute atomic E-state index is 0. The SMILES string of the molecule is Cl.O=C(c1cc2c(oc1=O)=CCCC=2)c1cc2ccccc2oc1=O. The molecule has 0 aliphatic heterocycles. The Labute approximate surface area is 147 Å². The van der Waals surface area contributed by atoms with Crippen molar-refractivity contribution in [3.05, 3.63) is 79.0 Å². The fourth-order valence-corrected chi connectivity index (χ4v) is 2.80. The largest absolute Gasteiger partial charge is 0.423 e. The topological polar surface area (TPSA) is 77.5 Å². The molecule has 0 unspecified atom stereocenters. The summed E-state index contributed by atoms with van der Waals surface area (Å²) in [6.07, 6.45) is 5.32. The van der Waals surface area contributed by atoms with Crippen LogP contribution in [0.25, 0.3) is 23.1 Å². The lowest BCUT2D eigenvalue weighted by molar-refractivity contribution is 0.103. The lowest BCUT2D eigenvalue weighted by Gasteiger charge is -2.03. The molecular weight excluding hydrogens is 344 g/mol. The number of benzene rings is 1. The number of para-hydroxylation sites is 1. The lowest BCUT2D eigenvalue weighted by atomic mass is 10.0. The summed E-state index contributed by atoms with van der Waals surface area (Å²) in [5.41, 5.74) is -1.01. The number of hydrogen-bond acceptors (Lipinski definition) is 5. The van der Waals surface area contributed by atoms with Gasteiger partial charge < -0.3 is 8.83 Å². The van der Waals surface area contributed by atoms with Crippen LogP contribution in [0, 0.1) is 0 Å². The van der Waals surface area contributed by atoms with Gasteiger partial charge in [0.1, 0.15) is 22.1 Å². The van der Waals surface area contributed by atoms with Gasteiger partial charge in [0.05, 0.1) is 0 Å². The number of carbonyl (C=O) groups is 1. The summed E-state index contributed by atoms with van der Waals surface area (Å²) < 4.78 is 10.4. The predicted octanol–water partition coefficient (Wildman–Crippen LogP) is 1.75. The average Bonchev–Trinajstić information content (AvgIpc) is 2.60. The van der Waals surface area contributed by atoms with Crippen LogP contribution in [0.5, 0.6) is 0 Å². The predicted molar refractivity (Wildman–Crippen MR) is 95.6 cm³/mol. The van der Waals surface area contributed by atoms with Crippen LogP contribution >= 0.6 is 12.4 Å². The number of carbonyl (C=O) groups excluding carboxylic acids is 1. The van der Waals surface area contributed by atoms with E-state index in [0.717, 1.165) is 12.8 Å². The van der Waals surface area contributed by atoms with Gasteiger partial charge in [0.15, 0.2) is 0 Å². The molecule has 1 aliphatic carbocycles. The van der Waals surface area contributed by atoms with E-state index in [9.17, 15) is 14.4 Å². The molecule has 2 heterocycles. The van der Waals surface area contributed by atoms with E-state index in [1.54, 1.807) is 24.3 Å². The van der Waals surface area contributed by atoms with Gasteiger partial charge in [0.2, 0.25) is 5.78 Å². The van der Waals surface area contributed by atoms with Crippen molar-refractivity contribution in [2.45, 2.75) is 12.8 Å². The normalized spacial score (nSPS) is 12.5. The summed E-state index contributed by atoms with van der Waals surface area (Å²) in [6.45, 7) is 0. The monoisotopic (exact) mass is 356 g/mol. The zero-order chi connectivity index (χ0) is 16.7. The van der Waals surface area contributed by atoms with Gasteiger partial charge in [-0.1, -0.05) is 24.3 Å². The van der Waals surface area contributed by atoms with Crippen molar-refractivity contribution in [1.29, 1.82) is 0 Å². The molecule has 1 aliphatic rings. The first-order valence-electron chi connectivity index (χ1n) is 7.55. The van der Waals surface area contributed by atoms with Gasteiger partial charge in [0, 0.05) is 10.6 Å². The third-order valence-electron chi connectivity index (χ3n) is 4.00. The molecule has 0 N–H and O–H groups in total. The first-order valence-corrected chi connectivity index (χ1v) is 7.55. The van der Waals surface area contributed by atoms with Crippen molar-refractivity contribution < 1.29 is 13.6 Å². The van der Waals surface area contributed by atoms with Crippen molar-refractivity contribution in [2.24, 2.45) is 0 Å². The number of fused-ring (bicyclic) bond motifs is 2. The van der Waals surface area contributed by atoms with E-state index in [1.807, 2.05) is 12.2 Å². The Morgan fingerprint density at radius 3 is 2.40 bits per heavy atom. The molecule has 25 heavy (non-hydrogen) atoms. The molecule has 0 radical (unpaired) electrons. The van der Waals surface area contributed by atoms with E-state index < -0.39 is 17.0 Å². The summed E-state index contributed by atoms with van der Waals surface area (Å²) in [6, 6.07) is 9.80. The Morgan fingerprint density at radius 2 is 1.56 bits per heavy atom. The van der Waals surface area contributed by atoms with Gasteiger partial charge in [-0.2, -0.15) is 0 Å². The molecule has 4 rings (SSSR count). The number of hydrogen-bond donors (Lipinski definition) is 0. The molecule has 3 aromatic rings. The van der Waals surface area contributed by atoms with Gasteiger partial charge in [0.25, 0.3) is 0 Å². The molecule has 5 nitrogen and oxygen atoms in total. The van der Waals surface area contributed by atoms with Gasteiger partial charge in [-0.3, -0.25) is 4.79 Å². The minimum atomic E-state index is -0.772. The summed E-state index contributed by atoms with van der Waals surface area (Å²) in [7, 11) is 0. The first kappa shape index (κ1) is 16.9. The standard InChI is InChI=1S/C19H12O5.ClH/c20-17(13-9-11-5-1-3-7-15(11)23-18(13)21)14-10-12-6-2-4-8-16(12)24-19(14)22;/h1,3,5-10H,2,4H2;1H. The lowest BCUT2D eigenvalue weighted by Crippen LogP contribution is -2.34. The molecule has 0 fully saturated rings. The molecular formula is C19H13ClO5. The van der Waals surface area contributed by atoms with E-state index in [-0.39, 0.29) is 23.5 Å². The van der Waals surface area contributed by atoms with Crippen molar-refractivity contribution in [1.82, 2.24) is 0 Å². The molecule has 0 spiro atoms. The maximum Gasteiger partial charge on any atom is 0.347 e. The van der Waals surface area contributed by atoms with Crippen molar-refractivity contribution in [3.63, 3.8) is 0 Å². The highest BCUT2D eigenvalue weighted by atomic mass is 35.5. The second-order valence-electron chi connectivity index (χ2n) is 5.57. The highest BCUT2D eigenvalue weighted by Gasteiger charge is 2.20. The molecule has 0 amide bonds. The van der Waals surface area contributed by atoms with Gasteiger partial charge in [-0.15, -0.1) is 12.4 Å². The van der Waals surface area contributed by atoms with Crippen LogP contribution in [0.1, 0.15) is 28.8 Å². The Balaban J connectivity index is 0.00000182. The molecule has 2 aromatic heterocycles. The second kappa shape index (κ2) is 6.53. The molecule has 0 saturated heterocycles. The Kier molecular flexibility index (Phi) is 4.42. The van der Waals surface area contributed by atoms with Crippen LogP contribution in [0.2, 0.25) is 0 Å². The van der Waals surface area contributed by atoms with E-state index in [0.29, 0.717) is 21.6 Å². The maximum atomic E-state index is 12.7. The van der Waals surface area contributed by atoms with E-state index >= 15 is 0 Å². The Bertz CT molecular complexity index is 1220. The number of halogens is 1. The zero-order valence-corrected chi connectivity index (χ0v) is 13.8. The van der Waals surface area contributed by atoms with Crippen LogP contribution < -0.4 is 21.9 Å². The molecule has 0 bridgehead atoms. The minimum Gasteiger partial charge on any atom is -0.423 e. The Hall–Kier alpha value is -2.92. The third-order valence-corrected chi connectivity index (χ3v) is 4.00. The molecule has 1 aromatic carbocycles. The quantitative estimate of drug-likeness (QED) is 0.516.